The fraction of sp³-hybridized carbons (Fsp3) is 0.421. The number of allylic oxidation sites excluding steroid dienone is 2. The highest BCUT2D eigenvalue weighted by Gasteiger charge is 2.65. The van der Waals surface area contributed by atoms with E-state index < -0.39 is 34.3 Å². The van der Waals surface area contributed by atoms with Crippen molar-refractivity contribution in [2.45, 2.75) is 31.5 Å². The summed E-state index contributed by atoms with van der Waals surface area (Å²) in [6.45, 7) is 1.65. The van der Waals surface area contributed by atoms with Crippen molar-refractivity contribution in [2.75, 3.05) is 20.5 Å². The molecule has 0 aromatic carbocycles. The van der Waals surface area contributed by atoms with Gasteiger partial charge in [-0.2, -0.15) is 29.0 Å². The summed E-state index contributed by atoms with van der Waals surface area (Å²) in [7, 11) is 1.49. The molecule has 2 rings (SSSR count). The monoisotopic (exact) mass is 423 g/mol. The summed E-state index contributed by atoms with van der Waals surface area (Å²) in [5.74, 6) is -0.643. The van der Waals surface area contributed by atoms with Crippen molar-refractivity contribution in [3.05, 3.63) is 44.4 Å². The van der Waals surface area contributed by atoms with Crippen molar-refractivity contribution in [2.24, 2.45) is 0 Å². The van der Waals surface area contributed by atoms with Crippen molar-refractivity contribution < 1.29 is 27.4 Å². The van der Waals surface area contributed by atoms with Crippen LogP contribution < -0.4 is 0 Å². The van der Waals surface area contributed by atoms with Crippen LogP contribution in [-0.2, 0) is 26.2 Å². The zero-order valence-electron chi connectivity index (χ0n) is 15.6. The number of alkyl halides is 3. The maximum Gasteiger partial charge on any atom is 0.437 e. The van der Waals surface area contributed by atoms with Gasteiger partial charge >= 0.3 is 6.18 Å². The smallest absolute Gasteiger partial charge is 0.437 e. The lowest BCUT2D eigenvalue weighted by atomic mass is 9.90. The Morgan fingerprint density at radius 3 is 2.48 bits per heavy atom. The minimum Gasteiger partial charge on any atom is -0.464 e. The van der Waals surface area contributed by atoms with E-state index in [-0.39, 0.29) is 11.7 Å². The van der Waals surface area contributed by atoms with Crippen LogP contribution in [0.25, 0.3) is 0 Å². The Morgan fingerprint density at radius 2 is 1.93 bits per heavy atom. The maximum absolute atomic E-state index is 14.2. The van der Waals surface area contributed by atoms with Gasteiger partial charge in [-0.25, -0.2) is 0 Å². The van der Waals surface area contributed by atoms with E-state index in [1.165, 1.54) is 25.3 Å². The number of hydrogen-bond donors (Lipinski definition) is 0. The van der Waals surface area contributed by atoms with Crippen LogP contribution >= 0.6 is 11.3 Å². The quantitative estimate of drug-likeness (QED) is 0.370. The maximum atomic E-state index is 14.2. The molecular weight excluding hydrogens is 407 g/mol. The van der Waals surface area contributed by atoms with Gasteiger partial charge in [-0.3, -0.25) is 0 Å². The Bertz CT molecular complexity index is 944. The third kappa shape index (κ3) is 4.13. The highest BCUT2D eigenvalue weighted by atomic mass is 32.1. The molecule has 1 atom stereocenters. The van der Waals surface area contributed by atoms with Gasteiger partial charge < -0.3 is 14.2 Å². The van der Waals surface area contributed by atoms with Gasteiger partial charge in [0, 0.05) is 24.2 Å². The summed E-state index contributed by atoms with van der Waals surface area (Å²) in [4.78, 5) is 0.506. The zero-order chi connectivity index (χ0) is 21.7. The molecule has 0 spiro atoms. The van der Waals surface area contributed by atoms with Crippen molar-refractivity contribution in [3.8, 4) is 18.2 Å². The SMILES string of the molecule is COCOCCCc1ccc(C2(C(F)(F)F)OC(=C(C#N)C#N)C(C#N)=C2C)s1. The Balaban J connectivity index is 2.46. The van der Waals surface area contributed by atoms with Gasteiger partial charge in [0.1, 0.15) is 25.0 Å². The van der Waals surface area contributed by atoms with Crippen LogP contribution in [0.2, 0.25) is 0 Å². The van der Waals surface area contributed by atoms with Crippen LogP contribution in [0.5, 0.6) is 0 Å². The van der Waals surface area contributed by atoms with E-state index in [1.807, 2.05) is 0 Å². The standard InChI is InChI=1S/C19H16F3N3O3S/c1-12-15(10-25)17(13(8-23)9-24)28-18(12,19(20,21)22)16-6-5-14(29-16)4-3-7-27-11-26-2/h5-6H,3-4,7,11H2,1-2H3. The van der Waals surface area contributed by atoms with E-state index in [1.54, 1.807) is 12.1 Å². The predicted octanol–water partition coefficient (Wildman–Crippen LogP) is 4.23. The number of hydrogen-bond acceptors (Lipinski definition) is 7. The van der Waals surface area contributed by atoms with Gasteiger partial charge in [-0.1, -0.05) is 0 Å². The van der Waals surface area contributed by atoms with Gasteiger partial charge in [-0.05, 0) is 31.9 Å². The second-order valence-corrected chi connectivity index (χ2v) is 7.17. The third-order valence-electron chi connectivity index (χ3n) is 4.27. The number of methoxy groups -OCH3 is 1. The van der Waals surface area contributed by atoms with Gasteiger partial charge in [0.2, 0.25) is 0 Å². The third-order valence-corrected chi connectivity index (χ3v) is 5.51. The Labute approximate surface area is 169 Å². The normalized spacial score (nSPS) is 18.8. The summed E-state index contributed by atoms with van der Waals surface area (Å²) >= 11 is 0.901. The molecule has 1 unspecified atom stereocenters. The Kier molecular flexibility index (Phi) is 7.05. The second kappa shape index (κ2) is 9.11. The molecule has 1 aliphatic rings. The minimum absolute atomic E-state index is 0.136. The molecule has 1 aromatic heterocycles. The van der Waals surface area contributed by atoms with Gasteiger partial charge in [0.25, 0.3) is 5.60 Å². The molecule has 0 fully saturated rings. The average Bonchev–Trinajstić information content (AvgIpc) is 3.25. The molecule has 10 heteroatoms. The summed E-state index contributed by atoms with van der Waals surface area (Å²) in [5, 5.41) is 27.5. The van der Waals surface area contributed by atoms with Crippen molar-refractivity contribution in [1.82, 2.24) is 0 Å². The number of thiophene rings is 1. The van der Waals surface area contributed by atoms with E-state index in [9.17, 15) is 18.4 Å². The Hall–Kier alpha value is -2.84. The minimum atomic E-state index is -4.92. The molecular formula is C19H16F3N3O3S. The predicted molar refractivity (Wildman–Crippen MR) is 95.9 cm³/mol. The number of nitrogens with zero attached hydrogens (tertiary/aromatic N) is 3. The summed E-state index contributed by atoms with van der Waals surface area (Å²) in [6.07, 6.45) is -3.85. The molecule has 0 saturated carbocycles. The van der Waals surface area contributed by atoms with Crippen LogP contribution in [0.15, 0.2) is 34.6 Å². The number of ether oxygens (including phenoxy) is 3. The molecule has 0 amide bonds. The van der Waals surface area contributed by atoms with Crippen LogP contribution in [0, 0.1) is 34.0 Å². The highest BCUT2D eigenvalue weighted by Crippen LogP contribution is 2.56. The number of rotatable bonds is 7. The van der Waals surface area contributed by atoms with Crippen LogP contribution in [0.1, 0.15) is 23.1 Å². The van der Waals surface area contributed by atoms with Crippen LogP contribution in [0.3, 0.4) is 0 Å². The van der Waals surface area contributed by atoms with Crippen LogP contribution in [0.4, 0.5) is 13.2 Å². The summed E-state index contributed by atoms with van der Waals surface area (Å²) < 4.78 is 57.8. The van der Waals surface area contributed by atoms with E-state index in [0.29, 0.717) is 24.3 Å². The Morgan fingerprint density at radius 1 is 1.24 bits per heavy atom. The van der Waals surface area contributed by atoms with Crippen molar-refractivity contribution >= 4 is 11.3 Å². The molecule has 0 radical (unpaired) electrons. The molecule has 6 nitrogen and oxygen atoms in total. The average molecular weight is 423 g/mol. The summed E-state index contributed by atoms with van der Waals surface area (Å²) in [5.41, 5.74) is -4.45. The highest BCUT2D eigenvalue weighted by molar-refractivity contribution is 7.12. The number of nitriles is 3. The van der Waals surface area contributed by atoms with Gasteiger partial charge in [-0.15, -0.1) is 11.3 Å². The van der Waals surface area contributed by atoms with Crippen LogP contribution in [-0.4, -0.2) is 26.7 Å². The molecule has 0 aliphatic carbocycles. The molecule has 1 aromatic rings. The first kappa shape index (κ1) is 22.4. The van der Waals surface area contributed by atoms with E-state index in [0.717, 1.165) is 18.3 Å². The summed E-state index contributed by atoms with van der Waals surface area (Å²) in [6, 6.07) is 7.47. The molecule has 0 N–H and O–H groups in total. The fourth-order valence-electron chi connectivity index (χ4n) is 2.90. The first-order valence-electron chi connectivity index (χ1n) is 8.34. The second-order valence-electron chi connectivity index (χ2n) is 6.00. The topological polar surface area (TPSA) is 99.1 Å². The van der Waals surface area contributed by atoms with Crippen molar-refractivity contribution in [3.63, 3.8) is 0 Å². The number of aryl methyl sites for hydroxylation is 1. The van der Waals surface area contributed by atoms with Crippen molar-refractivity contribution in [1.29, 1.82) is 15.8 Å². The van der Waals surface area contributed by atoms with E-state index in [4.69, 9.17) is 24.7 Å². The molecule has 29 heavy (non-hydrogen) atoms. The molecule has 2 heterocycles. The zero-order valence-corrected chi connectivity index (χ0v) is 16.4. The van der Waals surface area contributed by atoms with Gasteiger partial charge in [0.15, 0.2) is 11.3 Å². The molecule has 152 valence electrons. The lowest BCUT2D eigenvalue weighted by Crippen LogP contribution is -2.42. The fourth-order valence-corrected chi connectivity index (χ4v) is 4.16. The van der Waals surface area contributed by atoms with E-state index >= 15 is 0 Å². The lowest BCUT2D eigenvalue weighted by molar-refractivity contribution is -0.248. The number of halogens is 3. The molecule has 1 aliphatic heterocycles. The molecule has 0 bridgehead atoms. The first-order chi connectivity index (χ1) is 13.8. The van der Waals surface area contributed by atoms with E-state index in [2.05, 4.69) is 0 Å². The largest absolute Gasteiger partial charge is 0.464 e. The first-order valence-corrected chi connectivity index (χ1v) is 9.16. The van der Waals surface area contributed by atoms with Gasteiger partial charge in [0.05, 0.1) is 10.5 Å². The lowest BCUT2D eigenvalue weighted by Gasteiger charge is -2.31. The molecule has 0 saturated heterocycles.